The van der Waals surface area contributed by atoms with E-state index < -0.39 is 0 Å². The van der Waals surface area contributed by atoms with Crippen molar-refractivity contribution in [3.63, 3.8) is 0 Å². The summed E-state index contributed by atoms with van der Waals surface area (Å²) in [6.45, 7) is 2.29. The molecule has 0 heterocycles. The Balaban J connectivity index is 0.000000720. The van der Waals surface area contributed by atoms with Crippen molar-refractivity contribution in [2.24, 2.45) is 0 Å². The van der Waals surface area contributed by atoms with Gasteiger partial charge in [0.25, 0.3) is 0 Å². The summed E-state index contributed by atoms with van der Waals surface area (Å²) < 4.78 is 0.337. The Kier molecular flexibility index (Phi) is 2.96. The topological polar surface area (TPSA) is 0 Å². The van der Waals surface area contributed by atoms with Crippen LogP contribution >= 0.6 is 12.4 Å². The number of hydrogen-bond acceptors (Lipinski definition) is 0. The monoisotopic (exact) mass is 255 g/mol. The Morgan fingerprint density at radius 1 is 1.25 bits per heavy atom. The summed E-state index contributed by atoms with van der Waals surface area (Å²) in [5.74, 6) is 0. The number of hydrogen-bond donors (Lipinski definition) is 0. The largest absolute Gasteiger partial charge is 0.147 e. The molecular formula is C10H10ClZr. The molecule has 0 amide bonds. The molecular weight excluding hydrogens is 247 g/mol. The maximum absolute atomic E-state index is 2.30. The Bertz CT molecular complexity index is 315. The van der Waals surface area contributed by atoms with Crippen molar-refractivity contribution in [2.75, 3.05) is 0 Å². The summed E-state index contributed by atoms with van der Waals surface area (Å²) in [4.78, 5) is 0. The fourth-order valence-corrected chi connectivity index (χ4v) is 2.23. The van der Waals surface area contributed by atoms with Crippen LogP contribution in [0, 0.1) is 0 Å². The number of allylic oxidation sites excluding steroid dienone is 1. The maximum Gasteiger partial charge on any atom is -0.147 e. The van der Waals surface area contributed by atoms with Gasteiger partial charge in [0.2, 0.25) is 0 Å². The molecule has 2 heteroatoms. The van der Waals surface area contributed by atoms with Gasteiger partial charge in [-0.3, -0.25) is 0 Å². The molecule has 1 aliphatic rings. The van der Waals surface area contributed by atoms with Gasteiger partial charge >= 0.3 is 82.3 Å². The fourth-order valence-electron chi connectivity index (χ4n) is 1.46. The van der Waals surface area contributed by atoms with Crippen molar-refractivity contribution in [2.45, 2.75) is 10.0 Å². The molecule has 0 nitrogen and oxygen atoms in total. The quantitative estimate of drug-likeness (QED) is 0.670. The van der Waals surface area contributed by atoms with E-state index in [9.17, 15) is 0 Å². The molecule has 0 saturated heterocycles. The summed E-state index contributed by atoms with van der Waals surface area (Å²) in [5.41, 5.74) is 2.88. The normalized spacial score (nSPS) is 24.7. The maximum atomic E-state index is 2.30. The molecule has 0 saturated carbocycles. The van der Waals surface area contributed by atoms with Gasteiger partial charge < -0.3 is 0 Å². The first-order valence-electron chi connectivity index (χ1n) is 3.74. The Hall–Kier alpha value is 0.133. The van der Waals surface area contributed by atoms with Crippen LogP contribution in [-0.4, -0.2) is 0 Å². The van der Waals surface area contributed by atoms with Crippen LogP contribution in [0.5, 0.6) is 0 Å². The third kappa shape index (κ3) is 1.58. The number of rotatable bonds is 0. The molecule has 1 aromatic rings. The predicted octanol–water partition coefficient (Wildman–Crippen LogP) is 2.90. The fraction of sp³-hybridized carbons (Fsp3) is 0.200. The van der Waals surface area contributed by atoms with Crippen LogP contribution in [-0.2, 0) is 27.8 Å². The second-order valence-electron chi connectivity index (χ2n) is 3.12. The number of benzene rings is 1. The van der Waals surface area contributed by atoms with Gasteiger partial charge in [-0.25, -0.2) is 0 Å². The third-order valence-electron chi connectivity index (χ3n) is 2.12. The molecule has 1 aliphatic carbocycles. The second-order valence-corrected chi connectivity index (χ2v) is 5.68. The standard InChI is InChI=1S/C10H9.ClH.Zr/c1-8-6-7-9-4-2-3-5-10(8)9;;/h2-7H,1H3;1H;. The smallest absolute Gasteiger partial charge is 0.147 e. The van der Waals surface area contributed by atoms with E-state index in [2.05, 4.69) is 43.3 Å². The first-order chi connectivity index (χ1) is 5.20. The summed E-state index contributed by atoms with van der Waals surface area (Å²) in [6.07, 6.45) is 4.53. The van der Waals surface area contributed by atoms with Crippen molar-refractivity contribution in [1.82, 2.24) is 0 Å². The zero-order valence-corrected chi connectivity index (χ0v) is 10.1. The van der Waals surface area contributed by atoms with Gasteiger partial charge in [0.1, 0.15) is 0 Å². The zero-order valence-electron chi connectivity index (χ0n) is 6.87. The average molecular weight is 257 g/mol. The zero-order chi connectivity index (χ0) is 7.90. The van der Waals surface area contributed by atoms with Gasteiger partial charge in [0, 0.05) is 0 Å². The number of halogens is 1. The van der Waals surface area contributed by atoms with E-state index in [0.29, 0.717) is 3.12 Å². The van der Waals surface area contributed by atoms with Gasteiger partial charge in [0.15, 0.2) is 0 Å². The molecule has 0 aliphatic heterocycles. The van der Waals surface area contributed by atoms with Gasteiger partial charge in [-0.15, -0.1) is 12.4 Å². The molecule has 2 rings (SSSR count). The van der Waals surface area contributed by atoms with E-state index in [1.54, 1.807) is 24.7 Å². The van der Waals surface area contributed by atoms with Crippen LogP contribution in [0.4, 0.5) is 0 Å². The molecule has 61 valence electrons. The second kappa shape index (κ2) is 3.48. The van der Waals surface area contributed by atoms with Crippen LogP contribution in [0.2, 0.25) is 0 Å². The summed E-state index contributed by atoms with van der Waals surface area (Å²) in [5, 5.41) is 0. The van der Waals surface area contributed by atoms with E-state index in [-0.39, 0.29) is 12.4 Å². The minimum absolute atomic E-state index is 0. The molecule has 0 radical (unpaired) electrons. The van der Waals surface area contributed by atoms with Gasteiger partial charge in [-0.2, -0.15) is 0 Å². The minimum Gasteiger partial charge on any atom is -0.147 e. The van der Waals surface area contributed by atoms with Gasteiger partial charge in [-0.1, -0.05) is 0 Å². The summed E-state index contributed by atoms with van der Waals surface area (Å²) in [7, 11) is 0. The number of fused-ring (bicyclic) bond motifs is 1. The summed E-state index contributed by atoms with van der Waals surface area (Å²) in [6, 6.07) is 8.62. The summed E-state index contributed by atoms with van der Waals surface area (Å²) >= 11 is 1.57. The molecule has 1 unspecified atom stereocenters. The predicted molar refractivity (Wildman–Crippen MR) is 50.1 cm³/mol. The molecule has 0 fully saturated rings. The molecule has 12 heavy (non-hydrogen) atoms. The van der Waals surface area contributed by atoms with E-state index in [1.807, 2.05) is 0 Å². The van der Waals surface area contributed by atoms with Crippen molar-refractivity contribution < 1.29 is 24.7 Å². The molecule has 1 aromatic carbocycles. The Labute approximate surface area is 94.3 Å². The van der Waals surface area contributed by atoms with Crippen LogP contribution in [0.15, 0.2) is 30.3 Å². The Morgan fingerprint density at radius 2 is 1.92 bits per heavy atom. The van der Waals surface area contributed by atoms with Crippen LogP contribution in [0.1, 0.15) is 18.1 Å². The van der Waals surface area contributed by atoms with Gasteiger partial charge in [0.05, 0.1) is 0 Å². The molecule has 1 atom stereocenters. The van der Waals surface area contributed by atoms with E-state index in [1.165, 1.54) is 11.1 Å². The van der Waals surface area contributed by atoms with Crippen LogP contribution < -0.4 is 0 Å². The van der Waals surface area contributed by atoms with Crippen molar-refractivity contribution in [3.05, 3.63) is 41.5 Å². The SMILES string of the molecule is C[C]1([Zr])C=Cc2ccccc21.Cl. The van der Waals surface area contributed by atoms with Gasteiger partial charge in [-0.05, 0) is 0 Å². The molecule has 0 N–H and O–H groups in total. The van der Waals surface area contributed by atoms with Crippen molar-refractivity contribution in [1.29, 1.82) is 0 Å². The van der Waals surface area contributed by atoms with E-state index in [0.717, 1.165) is 0 Å². The molecule has 0 aromatic heterocycles. The van der Waals surface area contributed by atoms with E-state index in [4.69, 9.17) is 0 Å². The van der Waals surface area contributed by atoms with Crippen LogP contribution in [0.3, 0.4) is 0 Å². The molecule has 0 bridgehead atoms. The minimum atomic E-state index is 0. The average Bonchev–Trinajstić information content (AvgIpc) is 2.29. The Morgan fingerprint density at radius 3 is 2.58 bits per heavy atom. The molecule has 0 spiro atoms. The van der Waals surface area contributed by atoms with Crippen LogP contribution in [0.25, 0.3) is 6.08 Å². The third-order valence-corrected chi connectivity index (χ3v) is 3.19. The van der Waals surface area contributed by atoms with Crippen molar-refractivity contribution in [3.8, 4) is 0 Å². The first kappa shape index (κ1) is 10.2. The van der Waals surface area contributed by atoms with E-state index >= 15 is 0 Å². The van der Waals surface area contributed by atoms with Crippen molar-refractivity contribution >= 4 is 18.5 Å². The first-order valence-corrected chi connectivity index (χ1v) is 4.97.